The molecular weight excluding hydrogens is 176 g/mol. The van der Waals surface area contributed by atoms with Crippen molar-refractivity contribution in [3.63, 3.8) is 0 Å². The molecule has 0 aromatic heterocycles. The molecule has 3 nitrogen and oxygen atoms in total. The van der Waals surface area contributed by atoms with E-state index in [2.05, 4.69) is 24.5 Å². The van der Waals surface area contributed by atoms with Crippen molar-refractivity contribution in [1.82, 2.24) is 10.6 Å². The molecule has 0 aliphatic heterocycles. The van der Waals surface area contributed by atoms with Gasteiger partial charge in [0.25, 0.3) is 0 Å². The number of rotatable bonds is 6. The molecule has 14 heavy (non-hydrogen) atoms. The van der Waals surface area contributed by atoms with Gasteiger partial charge in [0.2, 0.25) is 0 Å². The van der Waals surface area contributed by atoms with Crippen LogP contribution in [0.25, 0.3) is 0 Å². The van der Waals surface area contributed by atoms with Crippen molar-refractivity contribution in [2.75, 3.05) is 27.2 Å². The molecule has 1 rings (SSSR count). The smallest absolute Gasteiger partial charge is 0.0652 e. The summed E-state index contributed by atoms with van der Waals surface area (Å²) in [6.07, 6.45) is 2.79. The van der Waals surface area contributed by atoms with Crippen LogP contribution in [0.2, 0.25) is 0 Å². The maximum atomic E-state index is 5.41. The highest BCUT2D eigenvalue weighted by Gasteiger charge is 2.47. The lowest BCUT2D eigenvalue weighted by Crippen LogP contribution is -2.60. The number of hydrogen-bond donors (Lipinski definition) is 2. The Kier molecular flexibility index (Phi) is 4.35. The van der Waals surface area contributed by atoms with Gasteiger partial charge in [0.1, 0.15) is 0 Å². The Morgan fingerprint density at radius 1 is 1.36 bits per heavy atom. The molecular formula is C11H24N2O. The van der Waals surface area contributed by atoms with E-state index < -0.39 is 0 Å². The van der Waals surface area contributed by atoms with Gasteiger partial charge >= 0.3 is 0 Å². The molecule has 1 aliphatic rings. The molecule has 84 valence electrons. The normalized spacial score (nSPS) is 30.0. The molecule has 0 amide bonds. The fourth-order valence-corrected chi connectivity index (χ4v) is 2.17. The highest BCUT2D eigenvalue weighted by atomic mass is 16.5. The first kappa shape index (κ1) is 12.0. The van der Waals surface area contributed by atoms with Crippen molar-refractivity contribution in [2.45, 2.75) is 38.8 Å². The molecule has 0 aromatic rings. The molecule has 2 atom stereocenters. The van der Waals surface area contributed by atoms with Gasteiger partial charge in [-0.3, -0.25) is 0 Å². The summed E-state index contributed by atoms with van der Waals surface area (Å²) in [4.78, 5) is 0. The second-order valence-electron chi connectivity index (χ2n) is 4.75. The second kappa shape index (κ2) is 5.10. The van der Waals surface area contributed by atoms with Crippen molar-refractivity contribution in [3.05, 3.63) is 0 Å². The monoisotopic (exact) mass is 200 g/mol. The minimum absolute atomic E-state index is 0.300. The number of methoxy groups -OCH3 is 1. The van der Waals surface area contributed by atoms with E-state index in [9.17, 15) is 0 Å². The van der Waals surface area contributed by atoms with Gasteiger partial charge in [-0.15, -0.1) is 0 Å². The van der Waals surface area contributed by atoms with Crippen LogP contribution in [0.1, 0.15) is 26.7 Å². The molecule has 1 aliphatic carbocycles. The Labute approximate surface area is 87.6 Å². The Morgan fingerprint density at radius 2 is 2.07 bits per heavy atom. The van der Waals surface area contributed by atoms with Gasteiger partial charge in [-0.1, -0.05) is 13.8 Å². The molecule has 1 saturated carbocycles. The zero-order chi connectivity index (χ0) is 10.6. The van der Waals surface area contributed by atoms with Crippen molar-refractivity contribution in [3.8, 4) is 0 Å². The third-order valence-corrected chi connectivity index (χ3v) is 3.46. The molecule has 3 heteroatoms. The quantitative estimate of drug-likeness (QED) is 0.628. The molecule has 2 unspecified atom stereocenters. The van der Waals surface area contributed by atoms with Gasteiger partial charge in [-0.2, -0.15) is 0 Å². The SMILES string of the molecule is CNCCCNC1CC(OC)C1(C)C. The summed E-state index contributed by atoms with van der Waals surface area (Å²) < 4.78 is 5.41. The zero-order valence-electron chi connectivity index (χ0n) is 9.89. The van der Waals surface area contributed by atoms with Crippen LogP contribution in [-0.4, -0.2) is 39.4 Å². The van der Waals surface area contributed by atoms with Crippen LogP contribution in [0.15, 0.2) is 0 Å². The number of ether oxygens (including phenoxy) is 1. The lowest BCUT2D eigenvalue weighted by atomic mass is 9.64. The highest BCUT2D eigenvalue weighted by molar-refractivity contribution is 5.02. The van der Waals surface area contributed by atoms with Crippen LogP contribution >= 0.6 is 0 Å². The molecule has 0 spiro atoms. The minimum atomic E-state index is 0.300. The first-order chi connectivity index (χ1) is 6.62. The van der Waals surface area contributed by atoms with E-state index in [-0.39, 0.29) is 0 Å². The summed E-state index contributed by atoms with van der Waals surface area (Å²) in [6, 6.07) is 0.629. The van der Waals surface area contributed by atoms with Gasteiger partial charge < -0.3 is 15.4 Å². The van der Waals surface area contributed by atoms with Crippen LogP contribution in [0.5, 0.6) is 0 Å². The third kappa shape index (κ3) is 2.47. The Hall–Kier alpha value is -0.120. The van der Waals surface area contributed by atoms with Crippen molar-refractivity contribution in [2.24, 2.45) is 5.41 Å². The minimum Gasteiger partial charge on any atom is -0.381 e. The van der Waals surface area contributed by atoms with Crippen molar-refractivity contribution in [1.29, 1.82) is 0 Å². The van der Waals surface area contributed by atoms with Gasteiger partial charge in [-0.05, 0) is 33.0 Å². The van der Waals surface area contributed by atoms with Gasteiger partial charge in [0.15, 0.2) is 0 Å². The molecule has 1 fully saturated rings. The molecule has 0 bridgehead atoms. The van der Waals surface area contributed by atoms with Crippen LogP contribution in [-0.2, 0) is 4.74 Å². The fourth-order valence-electron chi connectivity index (χ4n) is 2.17. The summed E-state index contributed by atoms with van der Waals surface area (Å²) in [6.45, 7) is 6.75. The van der Waals surface area contributed by atoms with E-state index in [0.29, 0.717) is 17.6 Å². The van der Waals surface area contributed by atoms with Gasteiger partial charge in [-0.25, -0.2) is 0 Å². The average molecular weight is 200 g/mol. The van der Waals surface area contributed by atoms with Crippen molar-refractivity contribution >= 4 is 0 Å². The van der Waals surface area contributed by atoms with E-state index in [0.717, 1.165) is 19.5 Å². The molecule has 0 heterocycles. The Morgan fingerprint density at radius 3 is 2.57 bits per heavy atom. The van der Waals surface area contributed by atoms with E-state index in [1.807, 2.05) is 14.2 Å². The lowest BCUT2D eigenvalue weighted by Gasteiger charge is -2.51. The maximum absolute atomic E-state index is 5.41. The van der Waals surface area contributed by atoms with Crippen LogP contribution in [0.4, 0.5) is 0 Å². The number of nitrogens with one attached hydrogen (secondary N) is 2. The summed E-state index contributed by atoms with van der Waals surface area (Å²) in [5.41, 5.74) is 0.300. The summed E-state index contributed by atoms with van der Waals surface area (Å²) in [7, 11) is 3.80. The van der Waals surface area contributed by atoms with E-state index >= 15 is 0 Å². The lowest BCUT2D eigenvalue weighted by molar-refractivity contribution is -0.0972. The summed E-state index contributed by atoms with van der Waals surface area (Å²) >= 11 is 0. The summed E-state index contributed by atoms with van der Waals surface area (Å²) in [5, 5.41) is 6.74. The molecule has 0 saturated heterocycles. The zero-order valence-corrected chi connectivity index (χ0v) is 9.89. The summed E-state index contributed by atoms with van der Waals surface area (Å²) in [5.74, 6) is 0. The maximum Gasteiger partial charge on any atom is 0.0652 e. The van der Waals surface area contributed by atoms with Crippen LogP contribution in [0, 0.1) is 5.41 Å². The standard InChI is InChI=1S/C11H24N2O/c1-11(2)9(8-10(11)14-4)13-7-5-6-12-3/h9-10,12-13H,5-8H2,1-4H3. The Balaban J connectivity index is 2.15. The van der Waals surface area contributed by atoms with Crippen molar-refractivity contribution < 1.29 is 4.74 Å². The number of hydrogen-bond acceptors (Lipinski definition) is 3. The van der Waals surface area contributed by atoms with Crippen LogP contribution in [0.3, 0.4) is 0 Å². The predicted molar refractivity (Wildman–Crippen MR) is 59.5 cm³/mol. The first-order valence-corrected chi connectivity index (χ1v) is 5.53. The largest absolute Gasteiger partial charge is 0.381 e. The fraction of sp³-hybridized carbons (Fsp3) is 1.00. The first-order valence-electron chi connectivity index (χ1n) is 5.53. The third-order valence-electron chi connectivity index (χ3n) is 3.46. The average Bonchev–Trinajstić information content (AvgIpc) is 2.15. The molecule has 2 N–H and O–H groups in total. The molecule has 0 aromatic carbocycles. The second-order valence-corrected chi connectivity index (χ2v) is 4.75. The molecule has 0 radical (unpaired) electrons. The van der Waals surface area contributed by atoms with Gasteiger partial charge in [0, 0.05) is 18.6 Å². The van der Waals surface area contributed by atoms with Gasteiger partial charge in [0.05, 0.1) is 6.10 Å². The van der Waals surface area contributed by atoms with E-state index in [4.69, 9.17) is 4.74 Å². The van der Waals surface area contributed by atoms with E-state index in [1.54, 1.807) is 0 Å². The highest BCUT2D eigenvalue weighted by Crippen LogP contribution is 2.42. The Bertz CT molecular complexity index is 171. The van der Waals surface area contributed by atoms with E-state index in [1.165, 1.54) is 6.42 Å². The topological polar surface area (TPSA) is 33.3 Å². The predicted octanol–water partition coefficient (Wildman–Crippen LogP) is 0.999. The van der Waals surface area contributed by atoms with Crippen LogP contribution < -0.4 is 10.6 Å².